The topological polar surface area (TPSA) is 55.2 Å². The van der Waals surface area contributed by atoms with Crippen molar-refractivity contribution in [2.24, 2.45) is 0 Å². The fraction of sp³-hybridized carbons (Fsp3) is 0.688. The summed E-state index contributed by atoms with van der Waals surface area (Å²) in [6, 6.07) is 3.09. The zero-order valence-electron chi connectivity index (χ0n) is 13.5. The van der Waals surface area contributed by atoms with E-state index in [9.17, 15) is 9.59 Å². The molecule has 2 rings (SSSR count). The molecule has 0 saturated heterocycles. The summed E-state index contributed by atoms with van der Waals surface area (Å²) in [7, 11) is 0. The Morgan fingerprint density at radius 1 is 1.39 bits per heavy atom. The van der Waals surface area contributed by atoms with Gasteiger partial charge in [-0.05, 0) is 24.7 Å². The standard InChI is InChI=1S/C16H24ClN3O2S/c1-2-23-11-10-19(13-6-4-3-5-7-13)16(22)12-20-15(21)9-8-14(17)18-20/h8-9,13H,2-7,10-12H2,1H3. The summed E-state index contributed by atoms with van der Waals surface area (Å²) in [6.45, 7) is 2.82. The molecule has 0 radical (unpaired) electrons. The molecule has 7 heteroatoms. The number of rotatable bonds is 7. The van der Waals surface area contributed by atoms with Crippen molar-refractivity contribution in [3.8, 4) is 0 Å². The van der Waals surface area contributed by atoms with Gasteiger partial charge >= 0.3 is 0 Å². The van der Waals surface area contributed by atoms with Crippen molar-refractivity contribution < 1.29 is 4.79 Å². The molecular formula is C16H24ClN3O2S. The van der Waals surface area contributed by atoms with E-state index in [1.807, 2.05) is 16.7 Å². The summed E-state index contributed by atoms with van der Waals surface area (Å²) < 4.78 is 1.16. The van der Waals surface area contributed by atoms with Crippen molar-refractivity contribution in [2.75, 3.05) is 18.1 Å². The van der Waals surface area contributed by atoms with Gasteiger partial charge in [-0.3, -0.25) is 9.59 Å². The molecule has 0 unspecified atom stereocenters. The van der Waals surface area contributed by atoms with Crippen LogP contribution in [-0.4, -0.2) is 44.7 Å². The largest absolute Gasteiger partial charge is 0.337 e. The molecule has 1 saturated carbocycles. The van der Waals surface area contributed by atoms with Gasteiger partial charge in [0, 0.05) is 24.4 Å². The van der Waals surface area contributed by atoms with Crippen molar-refractivity contribution in [1.29, 1.82) is 0 Å². The van der Waals surface area contributed by atoms with Gasteiger partial charge in [0.2, 0.25) is 5.91 Å². The number of aromatic nitrogens is 2. The van der Waals surface area contributed by atoms with Gasteiger partial charge in [0.1, 0.15) is 11.7 Å². The van der Waals surface area contributed by atoms with Crippen LogP contribution in [0.4, 0.5) is 0 Å². The van der Waals surface area contributed by atoms with E-state index in [0.717, 1.165) is 35.6 Å². The fourth-order valence-electron chi connectivity index (χ4n) is 2.97. The predicted molar refractivity (Wildman–Crippen MR) is 95.1 cm³/mol. The first-order valence-corrected chi connectivity index (χ1v) is 9.76. The summed E-state index contributed by atoms with van der Waals surface area (Å²) in [5.41, 5.74) is -0.297. The normalized spacial score (nSPS) is 15.6. The van der Waals surface area contributed by atoms with E-state index in [1.54, 1.807) is 0 Å². The van der Waals surface area contributed by atoms with E-state index in [-0.39, 0.29) is 23.2 Å². The fourth-order valence-corrected chi connectivity index (χ4v) is 3.74. The second-order valence-corrected chi connectivity index (χ2v) is 7.51. The van der Waals surface area contributed by atoms with Crippen molar-refractivity contribution in [2.45, 2.75) is 51.6 Å². The Morgan fingerprint density at radius 2 is 2.13 bits per heavy atom. The van der Waals surface area contributed by atoms with Gasteiger partial charge in [-0.15, -0.1) is 0 Å². The highest BCUT2D eigenvalue weighted by Crippen LogP contribution is 2.23. The number of amides is 1. The number of carbonyl (C=O) groups excluding carboxylic acids is 1. The smallest absolute Gasteiger partial charge is 0.267 e. The Morgan fingerprint density at radius 3 is 2.83 bits per heavy atom. The summed E-state index contributed by atoms with van der Waals surface area (Å²) in [5, 5.41) is 4.18. The Kier molecular flexibility index (Phi) is 7.43. The SMILES string of the molecule is CCSCCN(C(=O)Cn1nc(Cl)ccc1=O)C1CCCCC1. The number of nitrogens with zero attached hydrogens (tertiary/aromatic N) is 3. The monoisotopic (exact) mass is 357 g/mol. The quantitative estimate of drug-likeness (QED) is 0.704. The first-order chi connectivity index (χ1) is 11.1. The molecule has 0 aromatic carbocycles. The van der Waals surface area contributed by atoms with Gasteiger partial charge in [0.15, 0.2) is 0 Å². The second kappa shape index (κ2) is 9.33. The van der Waals surface area contributed by atoms with Crippen LogP contribution in [0.3, 0.4) is 0 Å². The summed E-state index contributed by atoms with van der Waals surface area (Å²) >= 11 is 7.66. The van der Waals surface area contributed by atoms with Crippen LogP contribution in [0.15, 0.2) is 16.9 Å². The molecule has 1 heterocycles. The zero-order valence-corrected chi connectivity index (χ0v) is 15.1. The summed E-state index contributed by atoms with van der Waals surface area (Å²) in [5.74, 6) is 1.93. The molecule has 1 aliphatic rings. The molecule has 0 spiro atoms. The van der Waals surface area contributed by atoms with E-state index in [0.29, 0.717) is 6.04 Å². The van der Waals surface area contributed by atoms with Gasteiger partial charge in [-0.25, -0.2) is 4.68 Å². The molecule has 0 aliphatic heterocycles. The molecule has 1 aromatic rings. The molecule has 128 valence electrons. The summed E-state index contributed by atoms with van der Waals surface area (Å²) in [4.78, 5) is 26.5. The van der Waals surface area contributed by atoms with Crippen LogP contribution < -0.4 is 5.56 Å². The average Bonchev–Trinajstić information content (AvgIpc) is 2.56. The summed E-state index contributed by atoms with van der Waals surface area (Å²) in [6.07, 6.45) is 5.70. The van der Waals surface area contributed by atoms with Crippen LogP contribution >= 0.6 is 23.4 Å². The number of hydrogen-bond acceptors (Lipinski definition) is 4. The minimum atomic E-state index is -0.297. The lowest BCUT2D eigenvalue weighted by Gasteiger charge is -2.34. The molecule has 0 atom stereocenters. The third-order valence-electron chi connectivity index (χ3n) is 4.14. The molecular weight excluding hydrogens is 334 g/mol. The Balaban J connectivity index is 2.08. The predicted octanol–water partition coefficient (Wildman–Crippen LogP) is 2.81. The van der Waals surface area contributed by atoms with E-state index in [4.69, 9.17) is 11.6 Å². The van der Waals surface area contributed by atoms with Crippen LogP contribution in [0.5, 0.6) is 0 Å². The van der Waals surface area contributed by atoms with Crippen LogP contribution in [0.1, 0.15) is 39.0 Å². The maximum absolute atomic E-state index is 12.7. The third kappa shape index (κ3) is 5.53. The van der Waals surface area contributed by atoms with Crippen LogP contribution in [0.2, 0.25) is 5.15 Å². The lowest BCUT2D eigenvalue weighted by Crippen LogP contribution is -2.45. The Hall–Kier alpha value is -1.01. The zero-order chi connectivity index (χ0) is 16.7. The van der Waals surface area contributed by atoms with Gasteiger partial charge in [0.25, 0.3) is 5.56 Å². The maximum atomic E-state index is 12.7. The molecule has 0 bridgehead atoms. The van der Waals surface area contributed by atoms with Crippen molar-refractivity contribution in [1.82, 2.24) is 14.7 Å². The first-order valence-electron chi connectivity index (χ1n) is 8.22. The van der Waals surface area contributed by atoms with Crippen LogP contribution in [0.25, 0.3) is 0 Å². The first kappa shape index (κ1) is 18.3. The van der Waals surface area contributed by atoms with Gasteiger partial charge in [-0.1, -0.05) is 37.8 Å². The van der Waals surface area contributed by atoms with Crippen molar-refractivity contribution >= 4 is 29.3 Å². The number of halogens is 1. The molecule has 23 heavy (non-hydrogen) atoms. The molecule has 1 aliphatic carbocycles. The molecule has 0 N–H and O–H groups in total. The van der Waals surface area contributed by atoms with Crippen molar-refractivity contribution in [3.05, 3.63) is 27.6 Å². The minimum absolute atomic E-state index is 0.0350. The Bertz CT molecular complexity index is 573. The second-order valence-electron chi connectivity index (χ2n) is 5.73. The average molecular weight is 358 g/mol. The maximum Gasteiger partial charge on any atom is 0.267 e. The highest BCUT2D eigenvalue weighted by Gasteiger charge is 2.25. The lowest BCUT2D eigenvalue weighted by molar-refractivity contribution is -0.134. The number of hydrogen-bond donors (Lipinski definition) is 0. The number of carbonyl (C=O) groups is 1. The van der Waals surface area contributed by atoms with Crippen LogP contribution in [-0.2, 0) is 11.3 Å². The van der Waals surface area contributed by atoms with E-state index in [1.165, 1.54) is 31.4 Å². The number of thioether (sulfide) groups is 1. The van der Waals surface area contributed by atoms with Crippen LogP contribution in [0, 0.1) is 0 Å². The highest BCUT2D eigenvalue weighted by molar-refractivity contribution is 7.99. The van der Waals surface area contributed by atoms with Crippen molar-refractivity contribution in [3.63, 3.8) is 0 Å². The third-order valence-corrected chi connectivity index (χ3v) is 5.22. The van der Waals surface area contributed by atoms with E-state index >= 15 is 0 Å². The lowest BCUT2D eigenvalue weighted by atomic mass is 9.94. The van der Waals surface area contributed by atoms with Gasteiger partial charge in [-0.2, -0.15) is 16.9 Å². The molecule has 1 fully saturated rings. The van der Waals surface area contributed by atoms with Gasteiger partial charge in [0.05, 0.1) is 0 Å². The van der Waals surface area contributed by atoms with Gasteiger partial charge < -0.3 is 4.90 Å². The van der Waals surface area contributed by atoms with E-state index in [2.05, 4.69) is 12.0 Å². The Labute approximate surface area is 146 Å². The molecule has 1 amide bonds. The molecule has 1 aromatic heterocycles. The van der Waals surface area contributed by atoms with E-state index < -0.39 is 0 Å². The highest BCUT2D eigenvalue weighted by atomic mass is 35.5. The minimum Gasteiger partial charge on any atom is -0.337 e. The molecule has 5 nitrogen and oxygen atoms in total.